The fourth-order valence-corrected chi connectivity index (χ4v) is 4.66. The number of quaternary nitrogens is 1. The van der Waals surface area contributed by atoms with Gasteiger partial charge in [-0.15, -0.1) is 0 Å². The van der Waals surface area contributed by atoms with E-state index in [1.54, 1.807) is 21.1 Å². The molecule has 0 amide bonds. The largest absolute Gasteiger partial charge is 0.544 e. The molecule has 2 atom stereocenters. The number of carbonyl (C=O) groups is 3. The van der Waals surface area contributed by atoms with Gasteiger partial charge in [-0.05, 0) is 12.8 Å². The third kappa shape index (κ3) is 23.1. The Morgan fingerprint density at radius 3 is 1.60 bits per heavy atom. The summed E-state index contributed by atoms with van der Waals surface area (Å²) in [7, 11) is 5.37. The number of likely N-dealkylation sites (N-methyl/N-ethyl adjacent to an activating group) is 1. The van der Waals surface area contributed by atoms with E-state index >= 15 is 0 Å². The Balaban J connectivity index is 4.31. The van der Waals surface area contributed by atoms with Gasteiger partial charge in [0.15, 0.2) is 6.10 Å². The molecule has 8 heteroatoms. The van der Waals surface area contributed by atoms with Crippen molar-refractivity contribution in [2.24, 2.45) is 0 Å². The highest BCUT2D eigenvalue weighted by Gasteiger charge is 2.25. The first-order valence-corrected chi connectivity index (χ1v) is 16.1. The molecular formula is C32H61NO7. The summed E-state index contributed by atoms with van der Waals surface area (Å²) in [4.78, 5) is 36.0. The van der Waals surface area contributed by atoms with Crippen LogP contribution in [0.3, 0.4) is 0 Å². The Morgan fingerprint density at radius 1 is 0.650 bits per heavy atom. The molecule has 0 aliphatic heterocycles. The van der Waals surface area contributed by atoms with Crippen LogP contribution in [0.1, 0.15) is 136 Å². The van der Waals surface area contributed by atoms with Crippen LogP contribution in [0.2, 0.25) is 0 Å². The van der Waals surface area contributed by atoms with Crippen LogP contribution in [0.25, 0.3) is 0 Å². The summed E-state index contributed by atoms with van der Waals surface area (Å²) in [6.07, 6.45) is 19.1. The number of hydrogen-bond acceptors (Lipinski definition) is 7. The average molecular weight is 572 g/mol. The first kappa shape index (κ1) is 38.3. The van der Waals surface area contributed by atoms with Crippen molar-refractivity contribution in [3.63, 3.8) is 0 Å². The molecule has 0 fully saturated rings. The van der Waals surface area contributed by atoms with Gasteiger partial charge >= 0.3 is 11.9 Å². The summed E-state index contributed by atoms with van der Waals surface area (Å²) in [5, 5.41) is 11.5. The summed E-state index contributed by atoms with van der Waals surface area (Å²) in [6.45, 7) is 4.47. The van der Waals surface area contributed by atoms with Crippen LogP contribution in [0.5, 0.6) is 0 Å². The summed E-state index contributed by atoms with van der Waals surface area (Å²) in [5.41, 5.74) is 0. The van der Waals surface area contributed by atoms with Crippen molar-refractivity contribution in [1.29, 1.82) is 0 Å². The second kappa shape index (κ2) is 25.1. The molecule has 0 saturated carbocycles. The number of esters is 2. The lowest BCUT2D eigenvalue weighted by Gasteiger charge is -2.34. The maximum atomic E-state index is 12.5. The Hall–Kier alpha value is -1.67. The molecule has 0 aromatic carbocycles. The molecule has 2 unspecified atom stereocenters. The fraction of sp³-hybridized carbons (Fsp3) is 0.906. The maximum Gasteiger partial charge on any atom is 0.306 e. The number of carboxylic acid groups (broad SMARTS) is 1. The smallest absolute Gasteiger partial charge is 0.306 e. The van der Waals surface area contributed by atoms with Crippen molar-refractivity contribution in [2.75, 3.05) is 41.0 Å². The predicted octanol–water partition coefficient (Wildman–Crippen LogP) is 5.73. The van der Waals surface area contributed by atoms with Gasteiger partial charge in [-0.2, -0.15) is 0 Å². The normalized spacial score (nSPS) is 13.1. The number of hydrogen-bond donors (Lipinski definition) is 0. The molecule has 0 heterocycles. The van der Waals surface area contributed by atoms with Crippen molar-refractivity contribution >= 4 is 17.9 Å². The molecule has 0 aromatic rings. The molecule has 40 heavy (non-hydrogen) atoms. The first-order valence-electron chi connectivity index (χ1n) is 16.1. The lowest BCUT2D eigenvalue weighted by Crippen LogP contribution is -2.55. The Morgan fingerprint density at radius 2 is 1.10 bits per heavy atom. The van der Waals surface area contributed by atoms with E-state index in [1.807, 2.05) is 0 Å². The lowest BCUT2D eigenvalue weighted by atomic mass is 10.0. The summed E-state index contributed by atoms with van der Waals surface area (Å²) in [5.74, 6) is -1.76. The van der Waals surface area contributed by atoms with E-state index in [2.05, 4.69) is 13.8 Å². The van der Waals surface area contributed by atoms with Gasteiger partial charge in [-0.3, -0.25) is 9.59 Å². The van der Waals surface area contributed by atoms with Gasteiger partial charge in [0, 0.05) is 19.3 Å². The molecule has 236 valence electrons. The van der Waals surface area contributed by atoms with E-state index in [0.717, 1.165) is 38.5 Å². The zero-order chi connectivity index (χ0) is 30.1. The van der Waals surface area contributed by atoms with Crippen molar-refractivity contribution in [2.45, 2.75) is 148 Å². The van der Waals surface area contributed by atoms with Crippen LogP contribution in [0.4, 0.5) is 0 Å². The molecule has 0 aliphatic rings. The van der Waals surface area contributed by atoms with Gasteiger partial charge in [0.25, 0.3) is 0 Å². The lowest BCUT2D eigenvalue weighted by molar-refractivity contribution is -0.889. The topological polar surface area (TPSA) is 102 Å². The van der Waals surface area contributed by atoms with E-state index < -0.39 is 18.1 Å². The van der Waals surface area contributed by atoms with Crippen LogP contribution in [-0.4, -0.2) is 75.5 Å². The van der Waals surface area contributed by atoms with Crippen molar-refractivity contribution in [3.05, 3.63) is 0 Å². The number of rotatable bonds is 28. The van der Waals surface area contributed by atoms with Crippen molar-refractivity contribution in [3.8, 4) is 0 Å². The molecule has 0 aliphatic carbocycles. The number of ether oxygens (including phenoxy) is 3. The number of carbonyl (C=O) groups excluding carboxylic acids is 3. The number of nitrogens with zero attached hydrogens (tertiary/aromatic N) is 1. The van der Waals surface area contributed by atoms with Crippen LogP contribution >= 0.6 is 0 Å². The molecule has 0 saturated heterocycles. The van der Waals surface area contributed by atoms with Gasteiger partial charge in [0.2, 0.25) is 0 Å². The van der Waals surface area contributed by atoms with Gasteiger partial charge in [0.05, 0.1) is 40.3 Å². The Kier molecular flexibility index (Phi) is 24.0. The molecule has 8 nitrogen and oxygen atoms in total. The highest BCUT2D eigenvalue weighted by Crippen LogP contribution is 2.14. The predicted molar refractivity (Wildman–Crippen MR) is 158 cm³/mol. The molecule has 0 N–H and O–H groups in total. The van der Waals surface area contributed by atoms with E-state index in [-0.39, 0.29) is 42.7 Å². The fourth-order valence-electron chi connectivity index (χ4n) is 4.66. The van der Waals surface area contributed by atoms with Gasteiger partial charge in [0.1, 0.15) is 12.6 Å². The summed E-state index contributed by atoms with van der Waals surface area (Å²) >= 11 is 0. The van der Waals surface area contributed by atoms with Gasteiger partial charge < -0.3 is 28.6 Å². The molecule has 0 rings (SSSR count). The minimum absolute atomic E-state index is 0.0451. The van der Waals surface area contributed by atoms with Gasteiger partial charge in [-0.25, -0.2) is 0 Å². The molecular weight excluding hydrogens is 510 g/mol. The zero-order valence-corrected chi connectivity index (χ0v) is 26.5. The molecule has 0 radical (unpaired) electrons. The Labute approximate surface area is 245 Å². The zero-order valence-electron chi connectivity index (χ0n) is 26.5. The molecule has 0 bridgehead atoms. The maximum absolute atomic E-state index is 12.5. The van der Waals surface area contributed by atoms with Gasteiger partial charge in [-0.1, -0.05) is 104 Å². The first-order chi connectivity index (χ1) is 19.1. The average Bonchev–Trinajstić information content (AvgIpc) is 2.88. The standard InChI is InChI=1S/C32H61NO7/c1-6-8-10-11-12-13-14-15-16-17-18-19-21-23-31(35)40-28(27-39-30(34)22-20-9-7-2)26-38-25-24-29(32(36)37)33(3,4)5/h28-29H,6-27H2,1-5H3. The quantitative estimate of drug-likeness (QED) is 0.0671. The number of carboxylic acids is 1. The van der Waals surface area contributed by atoms with Crippen LogP contribution in [-0.2, 0) is 28.6 Å². The third-order valence-corrected chi connectivity index (χ3v) is 7.24. The highest BCUT2D eigenvalue weighted by molar-refractivity contribution is 5.70. The van der Waals surface area contributed by atoms with E-state index in [9.17, 15) is 19.5 Å². The number of aliphatic carboxylic acids is 1. The Bertz CT molecular complexity index is 648. The molecule has 0 aromatic heterocycles. The van der Waals surface area contributed by atoms with E-state index in [1.165, 1.54) is 64.2 Å². The SMILES string of the molecule is CCCCCCCCCCCCCCCC(=O)OC(COCCC(C(=O)[O-])[N+](C)(C)C)COC(=O)CCCCC. The minimum atomic E-state index is -1.13. The minimum Gasteiger partial charge on any atom is -0.544 e. The summed E-state index contributed by atoms with van der Waals surface area (Å²) < 4.78 is 16.8. The monoisotopic (exact) mass is 571 g/mol. The second-order valence-corrected chi connectivity index (χ2v) is 12.1. The molecule has 0 spiro atoms. The third-order valence-electron chi connectivity index (χ3n) is 7.24. The van der Waals surface area contributed by atoms with Crippen molar-refractivity contribution < 1.29 is 38.2 Å². The second-order valence-electron chi connectivity index (χ2n) is 12.1. The van der Waals surface area contributed by atoms with Crippen LogP contribution in [0.15, 0.2) is 0 Å². The van der Waals surface area contributed by atoms with Crippen LogP contribution in [0, 0.1) is 0 Å². The van der Waals surface area contributed by atoms with Crippen molar-refractivity contribution in [1.82, 2.24) is 0 Å². The number of unbranched alkanes of at least 4 members (excludes halogenated alkanes) is 14. The van der Waals surface area contributed by atoms with E-state index in [0.29, 0.717) is 12.8 Å². The van der Waals surface area contributed by atoms with Crippen LogP contribution < -0.4 is 5.11 Å². The highest BCUT2D eigenvalue weighted by atomic mass is 16.6. The summed E-state index contributed by atoms with van der Waals surface area (Å²) in [6, 6.07) is -0.715. The van der Waals surface area contributed by atoms with E-state index in [4.69, 9.17) is 14.2 Å².